The first-order chi connectivity index (χ1) is 12.1. The highest BCUT2D eigenvalue weighted by molar-refractivity contribution is 14.0. The minimum Gasteiger partial charge on any atom is -0.361 e. The monoisotopic (exact) mass is 475 g/mol. The summed E-state index contributed by atoms with van der Waals surface area (Å²) in [5.74, 6) is 0.277. The van der Waals surface area contributed by atoms with Gasteiger partial charge in [0.1, 0.15) is 12.4 Å². The van der Waals surface area contributed by atoms with E-state index in [0.29, 0.717) is 19.0 Å². The van der Waals surface area contributed by atoms with Gasteiger partial charge in [0, 0.05) is 36.7 Å². The quantitative estimate of drug-likeness (QED) is 0.269. The highest BCUT2D eigenvalue weighted by Crippen LogP contribution is 2.19. The third-order valence-corrected chi connectivity index (χ3v) is 3.71. The molecule has 0 saturated carbocycles. The van der Waals surface area contributed by atoms with Crippen LogP contribution in [0.25, 0.3) is 10.9 Å². The minimum absolute atomic E-state index is 0. The van der Waals surface area contributed by atoms with E-state index in [1.54, 1.807) is 6.07 Å². The van der Waals surface area contributed by atoms with Crippen LogP contribution in [0.5, 0.6) is 0 Å². The number of nitrogens with one attached hydrogen (secondary N) is 4. The number of amides is 1. The van der Waals surface area contributed by atoms with Crippen LogP contribution >= 0.6 is 24.0 Å². The van der Waals surface area contributed by atoms with Crippen molar-refractivity contribution in [1.29, 1.82) is 0 Å². The SMILES string of the molecule is CCCNC(=O)CN=C(NCC)NCCc1c[nH]c2cc(F)ccc12.I. The summed E-state index contributed by atoms with van der Waals surface area (Å²) in [6, 6.07) is 4.74. The highest BCUT2D eigenvalue weighted by atomic mass is 127. The topological polar surface area (TPSA) is 81.3 Å². The van der Waals surface area contributed by atoms with Crippen LogP contribution in [0.3, 0.4) is 0 Å². The number of fused-ring (bicyclic) bond motifs is 1. The summed E-state index contributed by atoms with van der Waals surface area (Å²) in [6.07, 6.45) is 3.56. The summed E-state index contributed by atoms with van der Waals surface area (Å²) in [7, 11) is 0. The normalized spacial score (nSPS) is 11.1. The van der Waals surface area contributed by atoms with Gasteiger partial charge in [0.05, 0.1) is 0 Å². The van der Waals surface area contributed by atoms with Gasteiger partial charge in [0.25, 0.3) is 0 Å². The molecular formula is C18H27FIN5O. The Morgan fingerprint density at radius 3 is 2.73 bits per heavy atom. The number of carbonyl (C=O) groups excluding carboxylic acids is 1. The second-order valence-corrected chi connectivity index (χ2v) is 5.73. The largest absolute Gasteiger partial charge is 0.361 e. The molecule has 8 heteroatoms. The number of hydrogen-bond acceptors (Lipinski definition) is 2. The van der Waals surface area contributed by atoms with Gasteiger partial charge in [-0.2, -0.15) is 0 Å². The average molecular weight is 475 g/mol. The fourth-order valence-corrected chi connectivity index (χ4v) is 2.49. The van der Waals surface area contributed by atoms with Gasteiger partial charge >= 0.3 is 0 Å². The molecule has 1 amide bonds. The molecule has 0 spiro atoms. The summed E-state index contributed by atoms with van der Waals surface area (Å²) in [4.78, 5) is 19.0. The fourth-order valence-electron chi connectivity index (χ4n) is 2.49. The number of aliphatic imine (C=N–C) groups is 1. The Kier molecular flexibility index (Phi) is 10.0. The zero-order valence-electron chi connectivity index (χ0n) is 15.2. The fraction of sp³-hybridized carbons (Fsp3) is 0.444. The Hall–Kier alpha value is -1.84. The molecule has 1 heterocycles. The lowest BCUT2D eigenvalue weighted by Gasteiger charge is -2.11. The predicted octanol–water partition coefficient (Wildman–Crippen LogP) is 2.55. The number of H-pyrrole nitrogens is 1. The van der Waals surface area contributed by atoms with Crippen LogP contribution in [0.1, 0.15) is 25.8 Å². The number of carbonyl (C=O) groups is 1. The van der Waals surface area contributed by atoms with Gasteiger partial charge in [-0.15, -0.1) is 24.0 Å². The maximum Gasteiger partial charge on any atom is 0.241 e. The lowest BCUT2D eigenvalue weighted by atomic mass is 10.1. The van der Waals surface area contributed by atoms with E-state index in [4.69, 9.17) is 0 Å². The van der Waals surface area contributed by atoms with Crippen molar-refractivity contribution >= 4 is 46.7 Å². The Bertz CT molecular complexity index is 731. The number of aromatic amines is 1. The van der Waals surface area contributed by atoms with E-state index in [1.165, 1.54) is 12.1 Å². The number of hydrogen-bond donors (Lipinski definition) is 4. The second kappa shape index (κ2) is 11.7. The van der Waals surface area contributed by atoms with Crippen molar-refractivity contribution in [1.82, 2.24) is 20.9 Å². The average Bonchev–Trinajstić information content (AvgIpc) is 2.99. The van der Waals surface area contributed by atoms with Crippen LogP contribution in [0, 0.1) is 5.82 Å². The summed E-state index contributed by atoms with van der Waals surface area (Å²) in [5.41, 5.74) is 1.90. The van der Waals surface area contributed by atoms with Gasteiger partial charge in [-0.1, -0.05) is 6.92 Å². The highest BCUT2D eigenvalue weighted by Gasteiger charge is 2.06. The molecule has 1 aromatic carbocycles. The molecule has 26 heavy (non-hydrogen) atoms. The van der Waals surface area contributed by atoms with Crippen LogP contribution in [-0.4, -0.2) is 43.0 Å². The zero-order valence-corrected chi connectivity index (χ0v) is 17.5. The van der Waals surface area contributed by atoms with E-state index in [9.17, 15) is 9.18 Å². The Labute approximate surface area is 170 Å². The van der Waals surface area contributed by atoms with Crippen molar-refractivity contribution in [2.45, 2.75) is 26.7 Å². The Morgan fingerprint density at radius 2 is 2.00 bits per heavy atom. The smallest absolute Gasteiger partial charge is 0.241 e. The van der Waals surface area contributed by atoms with Crippen molar-refractivity contribution in [3.63, 3.8) is 0 Å². The van der Waals surface area contributed by atoms with Crippen molar-refractivity contribution in [3.8, 4) is 0 Å². The first-order valence-electron chi connectivity index (χ1n) is 8.68. The lowest BCUT2D eigenvalue weighted by molar-refractivity contribution is -0.119. The third-order valence-electron chi connectivity index (χ3n) is 3.71. The van der Waals surface area contributed by atoms with Gasteiger partial charge in [-0.25, -0.2) is 9.38 Å². The predicted molar refractivity (Wildman–Crippen MR) is 115 cm³/mol. The molecule has 6 nitrogen and oxygen atoms in total. The van der Waals surface area contributed by atoms with E-state index in [1.807, 2.05) is 20.0 Å². The molecule has 0 aliphatic carbocycles. The number of nitrogens with zero attached hydrogens (tertiary/aromatic N) is 1. The molecule has 2 rings (SSSR count). The van der Waals surface area contributed by atoms with Gasteiger partial charge in [-0.3, -0.25) is 4.79 Å². The van der Waals surface area contributed by atoms with Crippen LogP contribution in [0.4, 0.5) is 4.39 Å². The molecular weight excluding hydrogens is 448 g/mol. The van der Waals surface area contributed by atoms with Crippen molar-refractivity contribution in [2.75, 3.05) is 26.2 Å². The van der Waals surface area contributed by atoms with Crippen LogP contribution in [-0.2, 0) is 11.2 Å². The Balaban J connectivity index is 0.00000338. The van der Waals surface area contributed by atoms with E-state index < -0.39 is 0 Å². The summed E-state index contributed by atoms with van der Waals surface area (Å²) < 4.78 is 13.2. The van der Waals surface area contributed by atoms with Crippen molar-refractivity contribution in [3.05, 3.63) is 35.8 Å². The minimum atomic E-state index is -0.248. The number of benzene rings is 1. The van der Waals surface area contributed by atoms with E-state index in [0.717, 1.165) is 35.9 Å². The zero-order chi connectivity index (χ0) is 18.1. The molecule has 0 saturated heterocycles. The summed E-state index contributed by atoms with van der Waals surface area (Å²) >= 11 is 0. The van der Waals surface area contributed by atoms with Crippen LogP contribution in [0.2, 0.25) is 0 Å². The van der Waals surface area contributed by atoms with Crippen molar-refractivity contribution < 1.29 is 9.18 Å². The molecule has 0 radical (unpaired) electrons. The van der Waals surface area contributed by atoms with E-state index >= 15 is 0 Å². The van der Waals surface area contributed by atoms with E-state index in [-0.39, 0.29) is 42.2 Å². The third kappa shape index (κ3) is 6.81. The maximum atomic E-state index is 13.2. The molecule has 144 valence electrons. The van der Waals surface area contributed by atoms with Gasteiger partial charge in [0.15, 0.2) is 5.96 Å². The molecule has 0 aliphatic heterocycles. The molecule has 2 aromatic rings. The van der Waals surface area contributed by atoms with Gasteiger partial charge in [-0.05, 0) is 43.5 Å². The molecule has 1 aromatic heterocycles. The summed E-state index contributed by atoms with van der Waals surface area (Å²) in [5, 5.41) is 10.2. The maximum absolute atomic E-state index is 13.2. The molecule has 0 bridgehead atoms. The van der Waals surface area contributed by atoms with E-state index in [2.05, 4.69) is 25.9 Å². The number of rotatable bonds is 8. The molecule has 4 N–H and O–H groups in total. The standard InChI is InChI=1S/C18H26FN5O.HI/c1-3-8-21-17(25)12-24-18(20-4-2)22-9-7-13-11-23-16-10-14(19)5-6-15(13)16;/h5-6,10-11,23H,3-4,7-9,12H2,1-2H3,(H,21,25)(H2,20,22,24);1H. The molecule has 0 unspecified atom stereocenters. The van der Waals surface area contributed by atoms with Crippen molar-refractivity contribution in [2.24, 2.45) is 4.99 Å². The van der Waals surface area contributed by atoms with Gasteiger partial charge in [0.2, 0.25) is 5.91 Å². The number of aromatic nitrogens is 1. The van der Waals surface area contributed by atoms with Crippen LogP contribution in [0.15, 0.2) is 29.4 Å². The number of guanidine groups is 1. The van der Waals surface area contributed by atoms with Crippen LogP contribution < -0.4 is 16.0 Å². The Morgan fingerprint density at radius 1 is 1.19 bits per heavy atom. The second-order valence-electron chi connectivity index (χ2n) is 5.73. The molecule has 0 atom stereocenters. The lowest BCUT2D eigenvalue weighted by Crippen LogP contribution is -2.39. The number of halogens is 2. The van der Waals surface area contributed by atoms with Gasteiger partial charge < -0.3 is 20.9 Å². The molecule has 0 aliphatic rings. The first-order valence-corrected chi connectivity index (χ1v) is 8.68. The first kappa shape index (κ1) is 22.2. The summed E-state index contributed by atoms with van der Waals surface area (Å²) in [6.45, 7) is 6.12. The molecule has 0 fully saturated rings.